The predicted molar refractivity (Wildman–Crippen MR) is 74.2 cm³/mol. The van der Waals surface area contributed by atoms with Crippen LogP contribution in [0.2, 0.25) is 5.02 Å². The molecule has 17 heavy (non-hydrogen) atoms. The molecule has 2 rings (SSSR count). The van der Waals surface area contributed by atoms with Crippen molar-refractivity contribution in [3.05, 3.63) is 44.7 Å². The predicted octanol–water partition coefficient (Wildman–Crippen LogP) is 3.35. The van der Waals surface area contributed by atoms with Gasteiger partial charge in [0.15, 0.2) is 0 Å². The summed E-state index contributed by atoms with van der Waals surface area (Å²) in [5.41, 5.74) is 1.02. The molecule has 0 spiro atoms. The quantitative estimate of drug-likeness (QED) is 0.838. The maximum Gasteiger partial charge on any atom is 0.228 e. The van der Waals surface area contributed by atoms with Crippen LogP contribution in [0.15, 0.2) is 30.5 Å². The number of nitrogens with zero attached hydrogens (tertiary/aromatic N) is 3. The molecule has 1 aromatic heterocycles. The summed E-state index contributed by atoms with van der Waals surface area (Å²) < 4.78 is 1.05. The van der Waals surface area contributed by atoms with Crippen LogP contribution in [-0.4, -0.2) is 9.97 Å². The van der Waals surface area contributed by atoms with E-state index in [1.807, 2.05) is 24.3 Å². The van der Waals surface area contributed by atoms with Gasteiger partial charge >= 0.3 is 0 Å². The van der Waals surface area contributed by atoms with Gasteiger partial charge in [0.05, 0.1) is 10.7 Å². The van der Waals surface area contributed by atoms with E-state index in [0.29, 0.717) is 22.4 Å². The number of benzene rings is 1. The van der Waals surface area contributed by atoms with Gasteiger partial charge in [0.25, 0.3) is 0 Å². The van der Waals surface area contributed by atoms with E-state index >= 15 is 0 Å². The molecule has 84 valence electrons. The van der Waals surface area contributed by atoms with Crippen LogP contribution >= 0.6 is 34.2 Å². The van der Waals surface area contributed by atoms with E-state index in [9.17, 15) is 0 Å². The molecule has 0 bridgehead atoms. The Kier molecular flexibility index (Phi) is 3.76. The zero-order valence-corrected chi connectivity index (χ0v) is 11.4. The molecular weight excluding hydrogens is 351 g/mol. The van der Waals surface area contributed by atoms with Crippen LogP contribution in [0.25, 0.3) is 0 Å². The molecule has 0 radical (unpaired) electrons. The second kappa shape index (κ2) is 5.29. The summed E-state index contributed by atoms with van der Waals surface area (Å²) in [6.45, 7) is 0. The van der Waals surface area contributed by atoms with Crippen LogP contribution in [0.3, 0.4) is 0 Å². The Bertz CT molecular complexity index is 594. The molecular formula is C11H6ClIN4. The fourth-order valence-electron chi connectivity index (χ4n) is 1.19. The largest absolute Gasteiger partial charge is 0.323 e. The Morgan fingerprint density at radius 3 is 2.88 bits per heavy atom. The molecule has 4 nitrogen and oxygen atoms in total. The number of halogens is 2. The highest BCUT2D eigenvalue weighted by Crippen LogP contribution is 2.25. The van der Waals surface area contributed by atoms with Crippen LogP contribution in [-0.2, 0) is 0 Å². The molecule has 1 heterocycles. The van der Waals surface area contributed by atoms with Crippen molar-refractivity contribution in [3.8, 4) is 6.07 Å². The number of hydrogen-bond acceptors (Lipinski definition) is 4. The normalized spacial score (nSPS) is 9.71. The molecule has 0 amide bonds. The van der Waals surface area contributed by atoms with Crippen LogP contribution < -0.4 is 5.32 Å². The minimum atomic E-state index is 0.309. The van der Waals surface area contributed by atoms with Crippen molar-refractivity contribution in [1.82, 2.24) is 9.97 Å². The molecule has 0 fully saturated rings. The molecule has 1 aromatic carbocycles. The molecule has 2 aromatic rings. The Balaban J connectivity index is 2.28. The Labute approximate surface area is 117 Å². The molecule has 1 N–H and O–H groups in total. The molecule has 6 heteroatoms. The van der Waals surface area contributed by atoms with Gasteiger partial charge in [0, 0.05) is 9.77 Å². The lowest BCUT2D eigenvalue weighted by Gasteiger charge is -2.06. The van der Waals surface area contributed by atoms with Gasteiger partial charge in [-0.2, -0.15) is 5.26 Å². The van der Waals surface area contributed by atoms with Crippen molar-refractivity contribution in [2.45, 2.75) is 0 Å². The zero-order valence-electron chi connectivity index (χ0n) is 8.48. The first-order chi connectivity index (χ1) is 8.19. The molecule has 0 aliphatic rings. The second-order valence-corrected chi connectivity index (χ2v) is 4.78. The monoisotopic (exact) mass is 356 g/mol. The molecule has 0 saturated heterocycles. The third-order valence-electron chi connectivity index (χ3n) is 1.95. The highest BCUT2D eigenvalue weighted by atomic mass is 127. The van der Waals surface area contributed by atoms with Gasteiger partial charge in [-0.1, -0.05) is 11.6 Å². The maximum absolute atomic E-state index is 8.72. The maximum atomic E-state index is 8.72. The van der Waals surface area contributed by atoms with Gasteiger partial charge < -0.3 is 5.32 Å². The van der Waals surface area contributed by atoms with Gasteiger partial charge in [-0.05, 0) is 46.9 Å². The lowest BCUT2D eigenvalue weighted by Crippen LogP contribution is -1.98. The first-order valence-electron chi connectivity index (χ1n) is 4.64. The Morgan fingerprint density at radius 1 is 1.35 bits per heavy atom. The van der Waals surface area contributed by atoms with Gasteiger partial charge in [0.2, 0.25) is 5.95 Å². The van der Waals surface area contributed by atoms with Crippen molar-refractivity contribution in [2.24, 2.45) is 0 Å². The van der Waals surface area contributed by atoms with Crippen LogP contribution in [0, 0.1) is 14.9 Å². The van der Waals surface area contributed by atoms with E-state index in [0.717, 1.165) is 3.57 Å². The summed E-state index contributed by atoms with van der Waals surface area (Å²) in [4.78, 5) is 8.02. The Hall–Kier alpha value is -1.39. The lowest BCUT2D eigenvalue weighted by atomic mass is 10.3. The number of anilines is 2. The molecule has 0 aliphatic heterocycles. The highest BCUT2D eigenvalue weighted by Gasteiger charge is 2.03. The number of rotatable bonds is 2. The van der Waals surface area contributed by atoms with Crippen molar-refractivity contribution in [1.29, 1.82) is 5.26 Å². The van der Waals surface area contributed by atoms with Crippen LogP contribution in [0.1, 0.15) is 5.69 Å². The average molecular weight is 357 g/mol. The summed E-state index contributed by atoms with van der Waals surface area (Å²) in [5.74, 6) is 0.354. The van der Waals surface area contributed by atoms with E-state index in [1.54, 1.807) is 6.07 Å². The summed E-state index contributed by atoms with van der Waals surface area (Å²) in [7, 11) is 0. The molecule has 0 saturated carbocycles. The third-order valence-corrected chi connectivity index (χ3v) is 2.93. The van der Waals surface area contributed by atoms with E-state index < -0.39 is 0 Å². The summed E-state index contributed by atoms with van der Waals surface area (Å²) >= 11 is 8.24. The highest BCUT2D eigenvalue weighted by molar-refractivity contribution is 14.1. The van der Waals surface area contributed by atoms with E-state index in [2.05, 4.69) is 37.9 Å². The number of aromatic nitrogens is 2. The molecule has 0 aliphatic carbocycles. The topological polar surface area (TPSA) is 61.6 Å². The van der Waals surface area contributed by atoms with Crippen LogP contribution in [0.4, 0.5) is 11.6 Å². The standard InChI is InChI=1S/C11H6ClIN4/c12-9-5-7(13)1-2-10(9)17-11-15-4-3-8(6-14)16-11/h1-5H,(H,15,16,17). The lowest BCUT2D eigenvalue weighted by molar-refractivity contribution is 1.14. The summed E-state index contributed by atoms with van der Waals surface area (Å²) in [6, 6.07) is 9.09. The fourth-order valence-corrected chi connectivity index (χ4v) is 2.10. The first-order valence-corrected chi connectivity index (χ1v) is 6.10. The molecule has 0 unspecified atom stereocenters. The van der Waals surface area contributed by atoms with E-state index in [-0.39, 0.29) is 0 Å². The fraction of sp³-hybridized carbons (Fsp3) is 0. The third kappa shape index (κ3) is 3.05. The number of nitrogens with one attached hydrogen (secondary N) is 1. The smallest absolute Gasteiger partial charge is 0.228 e. The average Bonchev–Trinajstić information content (AvgIpc) is 2.33. The van der Waals surface area contributed by atoms with Gasteiger partial charge in [-0.25, -0.2) is 9.97 Å². The minimum Gasteiger partial charge on any atom is -0.323 e. The van der Waals surface area contributed by atoms with Gasteiger partial charge in [-0.15, -0.1) is 0 Å². The van der Waals surface area contributed by atoms with E-state index in [4.69, 9.17) is 16.9 Å². The van der Waals surface area contributed by atoms with Gasteiger partial charge in [-0.3, -0.25) is 0 Å². The van der Waals surface area contributed by atoms with Crippen molar-refractivity contribution >= 4 is 45.8 Å². The minimum absolute atomic E-state index is 0.309. The first kappa shape index (κ1) is 12.1. The SMILES string of the molecule is N#Cc1ccnc(Nc2ccc(I)cc2Cl)n1. The molecule has 0 atom stereocenters. The number of hydrogen-bond donors (Lipinski definition) is 1. The summed E-state index contributed by atoms with van der Waals surface area (Å²) in [5, 5.41) is 12.3. The zero-order chi connectivity index (χ0) is 12.3. The van der Waals surface area contributed by atoms with Crippen molar-refractivity contribution in [2.75, 3.05) is 5.32 Å². The van der Waals surface area contributed by atoms with Gasteiger partial charge in [0.1, 0.15) is 11.8 Å². The Morgan fingerprint density at radius 2 is 2.18 bits per heavy atom. The summed E-state index contributed by atoms with van der Waals surface area (Å²) in [6.07, 6.45) is 1.52. The van der Waals surface area contributed by atoms with Crippen molar-refractivity contribution < 1.29 is 0 Å². The van der Waals surface area contributed by atoms with E-state index in [1.165, 1.54) is 6.20 Å². The number of nitriles is 1. The van der Waals surface area contributed by atoms with Crippen LogP contribution in [0.5, 0.6) is 0 Å². The van der Waals surface area contributed by atoms with Crippen molar-refractivity contribution in [3.63, 3.8) is 0 Å². The second-order valence-electron chi connectivity index (χ2n) is 3.13.